The van der Waals surface area contributed by atoms with Crippen molar-refractivity contribution >= 4 is 29.8 Å². The van der Waals surface area contributed by atoms with E-state index in [2.05, 4.69) is 52.6 Å². The lowest BCUT2D eigenvalue weighted by molar-refractivity contribution is -0.393. The van der Waals surface area contributed by atoms with Crippen LogP contribution in [0.15, 0.2) is 126 Å². The van der Waals surface area contributed by atoms with Gasteiger partial charge in [0.15, 0.2) is 49.4 Å². The third kappa shape index (κ3) is 25.9. The second-order valence-electron chi connectivity index (χ2n) is 29.0. The fourth-order valence-corrected chi connectivity index (χ4v) is 10.8. The molecule has 1 aromatic rings. The third-order valence-corrected chi connectivity index (χ3v) is 16.0. The molecule has 4 fully saturated rings. The molecule has 0 saturated carbocycles. The molecule has 20 atom stereocenters. The van der Waals surface area contributed by atoms with E-state index in [0.29, 0.717) is 11.5 Å². The summed E-state index contributed by atoms with van der Waals surface area (Å²) >= 11 is 0. The van der Waals surface area contributed by atoms with Gasteiger partial charge in [-0.3, -0.25) is 24.0 Å². The first-order valence-electron chi connectivity index (χ1n) is 34.8. The Kier molecular flexibility index (Phi) is 35.7. The van der Waals surface area contributed by atoms with Crippen molar-refractivity contribution in [2.75, 3.05) is 86.4 Å². The molecule has 104 heavy (non-hydrogen) atoms. The zero-order valence-electron chi connectivity index (χ0n) is 63.1. The van der Waals surface area contributed by atoms with E-state index in [-0.39, 0.29) is 79.3 Å². The summed E-state index contributed by atoms with van der Waals surface area (Å²) in [6, 6.07) is 6.66. The van der Waals surface area contributed by atoms with Crippen molar-refractivity contribution in [3.8, 4) is 11.5 Å². The summed E-state index contributed by atoms with van der Waals surface area (Å²) < 4.78 is 144. The van der Waals surface area contributed by atoms with Gasteiger partial charge in [0.25, 0.3) is 0 Å². The van der Waals surface area contributed by atoms with Gasteiger partial charge in [-0.1, -0.05) is 48.6 Å². The van der Waals surface area contributed by atoms with Crippen LogP contribution >= 0.6 is 0 Å². The van der Waals surface area contributed by atoms with Gasteiger partial charge < -0.3 is 104 Å². The monoisotopic (exact) mass is 1470 g/mol. The van der Waals surface area contributed by atoms with E-state index >= 15 is 0 Å². The molecular formula is C77H114O27. The molecule has 1 aromatic carbocycles. The lowest BCUT2D eigenvalue weighted by atomic mass is 9.93. The number of hydrogen-bond acceptors (Lipinski definition) is 27. The first-order chi connectivity index (χ1) is 49.2. The van der Waals surface area contributed by atoms with E-state index in [0.717, 1.165) is 0 Å². The van der Waals surface area contributed by atoms with Gasteiger partial charge in [0.2, 0.25) is 6.29 Å². The fraction of sp³-hybridized carbons (Fsp3) is 0.649. The zero-order chi connectivity index (χ0) is 77.1. The fourth-order valence-electron chi connectivity index (χ4n) is 10.8. The number of esters is 5. The molecule has 5 rings (SSSR count). The van der Waals surface area contributed by atoms with Crippen molar-refractivity contribution < 1.29 is 128 Å². The number of carbonyl (C=O) groups is 5. The molecule has 4 heterocycles. The molecule has 0 bridgehead atoms. The van der Waals surface area contributed by atoms with Gasteiger partial charge >= 0.3 is 29.8 Å². The van der Waals surface area contributed by atoms with E-state index < -0.39 is 174 Å². The molecule has 0 spiro atoms. The van der Waals surface area contributed by atoms with Gasteiger partial charge in [-0.15, -0.1) is 52.6 Å². The molecule has 4 aliphatic heterocycles. The molecule has 0 unspecified atom stereocenters. The molecule has 584 valence electrons. The highest BCUT2D eigenvalue weighted by molar-refractivity contribution is 5.77. The predicted octanol–water partition coefficient (Wildman–Crippen LogP) is 8.99. The van der Waals surface area contributed by atoms with Crippen molar-refractivity contribution in [2.45, 2.75) is 213 Å². The van der Waals surface area contributed by atoms with Gasteiger partial charge in [0.1, 0.15) is 78.6 Å². The van der Waals surface area contributed by atoms with Crippen molar-refractivity contribution in [1.29, 1.82) is 0 Å². The maximum atomic E-state index is 14.8. The summed E-state index contributed by atoms with van der Waals surface area (Å²) in [7, 11) is 1.52. The van der Waals surface area contributed by atoms with Crippen LogP contribution in [0.3, 0.4) is 0 Å². The number of ether oxygens (including phenoxy) is 22. The second-order valence-corrected chi connectivity index (χ2v) is 29.0. The minimum absolute atomic E-state index is 0.0313. The number of rotatable bonds is 42. The Morgan fingerprint density at radius 2 is 0.577 bits per heavy atom. The Hall–Kier alpha value is -6.51. The Labute approximate surface area is 613 Å². The summed E-state index contributed by atoms with van der Waals surface area (Å²) in [4.78, 5) is 71.1. The average Bonchev–Trinajstić information content (AvgIpc) is 0.759. The predicted molar refractivity (Wildman–Crippen MR) is 380 cm³/mol. The second kappa shape index (κ2) is 42.1. The van der Waals surface area contributed by atoms with Crippen LogP contribution in [0.25, 0.3) is 0 Å². The SMILES string of the molecule is C=CCOC[C@H]1O[C@@H](O[C@@H]2[C@H](OCC=C)[C@@H](OC(=O)C(C)(C)C)[C@H](O[C@@H]3[C@H](OCC=C)[C@@H](OC(=O)C(C)(C)C)[C@H](O[C@@H]4[C@H](OCC=C)[C@@H](OC(=O)C(C)(C)C)[C@H](Oc5ccc(OC)cc5)O[C@@H]4COCC=C)O[C@@H]3COCC=C)O[C@@H]2COCC=C)[C@H](OC(=O)C(C)(C)C)[C@@H](OCC=C)[C@H]1OC(C)=O. The Morgan fingerprint density at radius 3 is 0.827 bits per heavy atom. The molecular weight excluding hydrogens is 1360 g/mol. The van der Waals surface area contributed by atoms with E-state index in [9.17, 15) is 24.0 Å². The van der Waals surface area contributed by atoms with E-state index in [1.54, 1.807) is 113 Å². The van der Waals surface area contributed by atoms with Crippen molar-refractivity contribution in [1.82, 2.24) is 0 Å². The van der Waals surface area contributed by atoms with Crippen LogP contribution in [0.4, 0.5) is 0 Å². The Bertz CT molecular complexity index is 2920. The van der Waals surface area contributed by atoms with Crippen LogP contribution < -0.4 is 9.47 Å². The quantitative estimate of drug-likeness (QED) is 0.0255. The lowest BCUT2D eigenvalue weighted by Gasteiger charge is -2.52. The minimum atomic E-state index is -1.76. The lowest BCUT2D eigenvalue weighted by Crippen LogP contribution is -2.69. The van der Waals surface area contributed by atoms with Crippen molar-refractivity contribution in [2.24, 2.45) is 21.7 Å². The first-order valence-corrected chi connectivity index (χ1v) is 34.8. The molecule has 0 N–H and O–H groups in total. The Balaban J connectivity index is 1.80. The highest BCUT2D eigenvalue weighted by Crippen LogP contribution is 2.42. The van der Waals surface area contributed by atoms with E-state index in [1.807, 2.05) is 0 Å². The number of methoxy groups -OCH3 is 1. The number of benzene rings is 1. The third-order valence-electron chi connectivity index (χ3n) is 16.0. The zero-order valence-corrected chi connectivity index (χ0v) is 63.1. The van der Waals surface area contributed by atoms with Gasteiger partial charge in [-0.2, -0.15) is 0 Å². The van der Waals surface area contributed by atoms with E-state index in [4.69, 9.17) is 104 Å². The van der Waals surface area contributed by atoms with Crippen LogP contribution in [-0.2, 0) is 119 Å². The first kappa shape index (κ1) is 88.1. The summed E-state index contributed by atoms with van der Waals surface area (Å²) in [6.07, 6.45) is -17.2. The molecule has 0 aliphatic carbocycles. The molecule has 0 amide bonds. The molecule has 4 aliphatic rings. The van der Waals surface area contributed by atoms with E-state index in [1.165, 1.54) is 56.6 Å². The van der Waals surface area contributed by atoms with Crippen molar-refractivity contribution in [3.05, 3.63) is 126 Å². The highest BCUT2D eigenvalue weighted by Gasteiger charge is 2.61. The number of hydrogen-bond donors (Lipinski definition) is 0. The summed E-state index contributed by atoms with van der Waals surface area (Å²) in [5.41, 5.74) is -4.63. The van der Waals surface area contributed by atoms with Gasteiger partial charge in [0, 0.05) is 6.92 Å². The maximum absolute atomic E-state index is 14.8. The minimum Gasteiger partial charge on any atom is -0.497 e. The average molecular weight is 1470 g/mol. The van der Waals surface area contributed by atoms with Crippen LogP contribution in [0.2, 0.25) is 0 Å². The molecule has 0 radical (unpaired) electrons. The summed E-state index contributed by atoms with van der Waals surface area (Å²) in [5.74, 6) is -2.78. The smallest absolute Gasteiger partial charge is 0.311 e. The summed E-state index contributed by atoms with van der Waals surface area (Å²) in [5, 5.41) is 0. The van der Waals surface area contributed by atoms with Gasteiger partial charge in [0.05, 0.1) is 108 Å². The van der Waals surface area contributed by atoms with Crippen LogP contribution in [0.5, 0.6) is 11.5 Å². The van der Waals surface area contributed by atoms with Gasteiger partial charge in [-0.25, -0.2) is 0 Å². The molecule has 4 saturated heterocycles. The Morgan fingerprint density at radius 1 is 0.337 bits per heavy atom. The van der Waals surface area contributed by atoms with Crippen LogP contribution in [0, 0.1) is 21.7 Å². The normalized spacial score (nSPS) is 29.5. The molecule has 27 heteroatoms. The topological polar surface area (TPSA) is 288 Å². The highest BCUT2D eigenvalue weighted by atomic mass is 16.8. The number of carbonyl (C=O) groups excluding carboxylic acids is 5. The van der Waals surface area contributed by atoms with Crippen LogP contribution in [0.1, 0.15) is 90.0 Å². The standard InChI is InChI=1S/C77H114O27/c1-23-35-84-43-50-54(92-47(9)78)58(88-39-27-5)63(102-71(80)75(13,14)15)67(95-50)99-56-52(45-86-37-25-3)97-69(65(60(56)90-41-29-7)104-73(82)77(19,20)21)100-57-53(46-87-38-26-4)96-68(64(61(57)91-42-30-8)103-72(81)76(16,17)18)98-55-51(44-85-36-24-2)94-66(93-49-33-31-48(83-22)32-34-49)62(59(55)89-40-28-6)101-70(79)74(10,11)12/h23-34,50-69H,1-8,35-46H2,9-22H3/t50-,51-,52-,53-,54+,55+,56+,57+,58+,59+,60+,61+,62-,63-,64-,65-,66-,67+,68+,69+/m1/s1. The summed E-state index contributed by atoms with van der Waals surface area (Å²) in [6.45, 7) is 50.2. The molecule has 0 aromatic heterocycles. The van der Waals surface area contributed by atoms with Crippen LogP contribution in [-0.4, -0.2) is 239 Å². The van der Waals surface area contributed by atoms with Crippen molar-refractivity contribution in [3.63, 3.8) is 0 Å². The largest absolute Gasteiger partial charge is 0.497 e. The molecule has 27 nitrogen and oxygen atoms in total. The maximum Gasteiger partial charge on any atom is 0.311 e. The van der Waals surface area contributed by atoms with Gasteiger partial charge in [-0.05, 0) is 107 Å².